The molecule has 1 aromatic carbocycles. The van der Waals surface area contributed by atoms with E-state index in [9.17, 15) is 0 Å². The number of benzene rings is 1. The summed E-state index contributed by atoms with van der Waals surface area (Å²) in [5.74, 6) is 2.91. The highest BCUT2D eigenvalue weighted by Crippen LogP contribution is 2.18. The molecule has 0 radical (unpaired) electrons. The average Bonchev–Trinajstić information content (AvgIpc) is 3.14. The number of piperidine rings is 1. The van der Waals surface area contributed by atoms with Gasteiger partial charge in [-0.2, -0.15) is 0 Å². The largest absolute Gasteiger partial charge is 0.490 e. The number of rotatable bonds is 5. The molecule has 25 heavy (non-hydrogen) atoms. The second-order valence-electron chi connectivity index (χ2n) is 5.92. The maximum absolute atomic E-state index is 6.05. The minimum Gasteiger partial charge on any atom is -0.490 e. The number of halogens is 1. The highest BCUT2D eigenvalue weighted by molar-refractivity contribution is 14.0. The summed E-state index contributed by atoms with van der Waals surface area (Å²) in [5, 5.41) is 3.42. The maximum Gasteiger partial charge on any atom is 0.193 e. The number of guanidine groups is 1. The van der Waals surface area contributed by atoms with E-state index in [4.69, 9.17) is 9.15 Å². The lowest BCUT2D eigenvalue weighted by atomic mass is 10.1. The molecule has 1 aromatic heterocycles. The number of hydrogen-bond donors (Lipinski definition) is 1. The third kappa shape index (κ3) is 5.95. The first kappa shape index (κ1) is 19.6. The van der Waals surface area contributed by atoms with Crippen LogP contribution in [-0.4, -0.2) is 43.6 Å². The number of likely N-dealkylation sites (tertiary alicyclic amines) is 1. The molecule has 0 bridgehead atoms. The van der Waals surface area contributed by atoms with Crippen molar-refractivity contribution in [3.63, 3.8) is 0 Å². The van der Waals surface area contributed by atoms with Crippen LogP contribution >= 0.6 is 24.0 Å². The summed E-state index contributed by atoms with van der Waals surface area (Å²) < 4.78 is 11.4. The van der Waals surface area contributed by atoms with Gasteiger partial charge in [-0.3, -0.25) is 4.99 Å². The van der Waals surface area contributed by atoms with Gasteiger partial charge in [-0.1, -0.05) is 18.2 Å². The van der Waals surface area contributed by atoms with E-state index in [1.165, 1.54) is 0 Å². The van der Waals surface area contributed by atoms with E-state index in [-0.39, 0.29) is 30.1 Å². The van der Waals surface area contributed by atoms with Crippen LogP contribution in [0.3, 0.4) is 0 Å². The highest BCUT2D eigenvalue weighted by atomic mass is 127. The van der Waals surface area contributed by atoms with Crippen molar-refractivity contribution in [1.82, 2.24) is 10.2 Å². The van der Waals surface area contributed by atoms with Crippen molar-refractivity contribution < 1.29 is 9.15 Å². The molecule has 0 atom stereocenters. The fourth-order valence-corrected chi connectivity index (χ4v) is 2.96. The van der Waals surface area contributed by atoms with Crippen LogP contribution < -0.4 is 10.1 Å². The van der Waals surface area contributed by atoms with E-state index in [0.29, 0.717) is 0 Å². The molecular formula is C19H26IN3O2. The summed E-state index contributed by atoms with van der Waals surface area (Å²) in [5.41, 5.74) is 0. The lowest BCUT2D eigenvalue weighted by molar-refractivity contribution is 0.129. The zero-order valence-corrected chi connectivity index (χ0v) is 16.9. The van der Waals surface area contributed by atoms with Crippen molar-refractivity contribution in [2.45, 2.75) is 25.4 Å². The number of aliphatic imine (C=N–C) groups is 1. The molecule has 136 valence electrons. The third-order valence-electron chi connectivity index (χ3n) is 4.23. The van der Waals surface area contributed by atoms with Gasteiger partial charge in [0.05, 0.1) is 6.26 Å². The Morgan fingerprint density at radius 3 is 2.60 bits per heavy atom. The zero-order chi connectivity index (χ0) is 16.6. The number of nitrogens with zero attached hydrogens (tertiary/aromatic N) is 2. The molecule has 1 aliphatic rings. The molecule has 0 unspecified atom stereocenters. The van der Waals surface area contributed by atoms with Crippen LogP contribution in [0.2, 0.25) is 0 Å². The van der Waals surface area contributed by atoms with Crippen LogP contribution in [-0.2, 0) is 6.42 Å². The zero-order valence-electron chi connectivity index (χ0n) is 14.6. The normalized spacial score (nSPS) is 15.6. The van der Waals surface area contributed by atoms with Gasteiger partial charge in [-0.05, 0) is 24.3 Å². The number of ether oxygens (including phenoxy) is 1. The molecule has 5 nitrogen and oxygen atoms in total. The summed E-state index contributed by atoms with van der Waals surface area (Å²) in [4.78, 5) is 6.70. The summed E-state index contributed by atoms with van der Waals surface area (Å²) in [7, 11) is 1.84. The molecule has 0 saturated carbocycles. The van der Waals surface area contributed by atoms with Gasteiger partial charge in [-0.25, -0.2) is 0 Å². The SMILES string of the molecule is CN=C(NCCc1ccco1)N1CCC(Oc2ccccc2)CC1.I. The first-order valence-corrected chi connectivity index (χ1v) is 8.55. The fourth-order valence-electron chi connectivity index (χ4n) is 2.96. The van der Waals surface area contributed by atoms with Crippen molar-refractivity contribution >= 4 is 29.9 Å². The molecule has 1 aliphatic heterocycles. The average molecular weight is 455 g/mol. The lowest BCUT2D eigenvalue weighted by Crippen LogP contribution is -2.47. The molecule has 2 aromatic rings. The van der Waals surface area contributed by atoms with E-state index in [2.05, 4.69) is 15.2 Å². The van der Waals surface area contributed by atoms with Crippen LogP contribution in [0.15, 0.2) is 58.1 Å². The number of para-hydroxylation sites is 1. The number of hydrogen-bond acceptors (Lipinski definition) is 3. The number of furan rings is 1. The van der Waals surface area contributed by atoms with Gasteiger partial charge in [0.2, 0.25) is 0 Å². The van der Waals surface area contributed by atoms with Crippen LogP contribution in [0.5, 0.6) is 5.75 Å². The van der Waals surface area contributed by atoms with Crippen LogP contribution in [0.4, 0.5) is 0 Å². The third-order valence-corrected chi connectivity index (χ3v) is 4.23. The summed E-state index contributed by atoms with van der Waals surface area (Å²) in [6, 6.07) is 14.0. The molecular weight excluding hydrogens is 429 g/mol. The first-order valence-electron chi connectivity index (χ1n) is 8.55. The Balaban J connectivity index is 0.00000225. The van der Waals surface area contributed by atoms with E-state index >= 15 is 0 Å². The van der Waals surface area contributed by atoms with E-state index < -0.39 is 0 Å². The highest BCUT2D eigenvalue weighted by Gasteiger charge is 2.22. The summed E-state index contributed by atoms with van der Waals surface area (Å²) in [6.07, 6.45) is 4.87. The monoisotopic (exact) mass is 455 g/mol. The van der Waals surface area contributed by atoms with E-state index in [1.54, 1.807) is 6.26 Å². The van der Waals surface area contributed by atoms with Gasteiger partial charge in [0.25, 0.3) is 0 Å². The Bertz CT molecular complexity index is 623. The lowest BCUT2D eigenvalue weighted by Gasteiger charge is -2.34. The smallest absolute Gasteiger partial charge is 0.193 e. The number of nitrogens with one attached hydrogen (secondary N) is 1. The van der Waals surface area contributed by atoms with Crippen LogP contribution in [0, 0.1) is 0 Å². The Labute approximate surface area is 166 Å². The minimum absolute atomic E-state index is 0. The molecule has 6 heteroatoms. The molecule has 1 saturated heterocycles. The molecule has 0 spiro atoms. The molecule has 1 fully saturated rings. The predicted octanol–water partition coefficient (Wildman–Crippen LogP) is 3.56. The quantitative estimate of drug-likeness (QED) is 0.426. The molecule has 3 rings (SSSR count). The van der Waals surface area contributed by atoms with Gasteiger partial charge < -0.3 is 19.4 Å². The van der Waals surface area contributed by atoms with Crippen molar-refractivity contribution in [2.24, 2.45) is 4.99 Å². The predicted molar refractivity (Wildman–Crippen MR) is 111 cm³/mol. The van der Waals surface area contributed by atoms with E-state index in [1.807, 2.05) is 49.5 Å². The van der Waals surface area contributed by atoms with Gasteiger partial charge in [0, 0.05) is 45.9 Å². The molecule has 2 heterocycles. The van der Waals surface area contributed by atoms with Crippen molar-refractivity contribution in [3.05, 3.63) is 54.5 Å². The van der Waals surface area contributed by atoms with Crippen LogP contribution in [0.25, 0.3) is 0 Å². The Morgan fingerprint density at radius 2 is 1.96 bits per heavy atom. The van der Waals surface area contributed by atoms with Gasteiger partial charge in [-0.15, -0.1) is 24.0 Å². The second-order valence-corrected chi connectivity index (χ2v) is 5.92. The van der Waals surface area contributed by atoms with Crippen molar-refractivity contribution in [2.75, 3.05) is 26.7 Å². The van der Waals surface area contributed by atoms with Crippen LogP contribution in [0.1, 0.15) is 18.6 Å². The van der Waals surface area contributed by atoms with Crippen molar-refractivity contribution in [1.29, 1.82) is 0 Å². The summed E-state index contributed by atoms with van der Waals surface area (Å²) in [6.45, 7) is 2.73. The van der Waals surface area contributed by atoms with Gasteiger partial charge in [0.15, 0.2) is 5.96 Å². The first-order chi connectivity index (χ1) is 11.8. The van der Waals surface area contributed by atoms with Crippen molar-refractivity contribution in [3.8, 4) is 5.75 Å². The minimum atomic E-state index is 0. The van der Waals surface area contributed by atoms with Gasteiger partial charge >= 0.3 is 0 Å². The topological polar surface area (TPSA) is 50.0 Å². The van der Waals surface area contributed by atoms with E-state index in [0.717, 1.165) is 56.4 Å². The standard InChI is InChI=1S/C19H25N3O2.HI/c1-20-19(21-12-9-16-8-5-15-23-16)22-13-10-18(11-14-22)24-17-6-3-2-4-7-17;/h2-8,15,18H,9-14H2,1H3,(H,20,21);1H. The fraction of sp³-hybridized carbons (Fsp3) is 0.421. The Hall–Kier alpha value is -1.70. The Morgan fingerprint density at radius 1 is 1.20 bits per heavy atom. The molecule has 0 amide bonds. The second kappa shape index (κ2) is 10.3. The summed E-state index contributed by atoms with van der Waals surface area (Å²) >= 11 is 0. The molecule has 1 N–H and O–H groups in total. The maximum atomic E-state index is 6.05. The van der Waals surface area contributed by atoms with Gasteiger partial charge in [0.1, 0.15) is 17.6 Å². The Kier molecular flexibility index (Phi) is 8.11. The molecule has 0 aliphatic carbocycles.